The Bertz CT molecular complexity index is 178. The van der Waals surface area contributed by atoms with Gasteiger partial charge in [0.15, 0.2) is 0 Å². The molecular weight excluding hydrogens is 188 g/mol. The van der Waals surface area contributed by atoms with E-state index in [0.29, 0.717) is 5.92 Å². The van der Waals surface area contributed by atoms with Gasteiger partial charge in [0.1, 0.15) is 0 Å². The molecule has 0 saturated heterocycles. The number of hydrogen-bond donors (Lipinski definition) is 2. The lowest BCUT2D eigenvalue weighted by Crippen LogP contribution is -2.46. The number of nitrogens with one attached hydrogen (secondary N) is 2. The smallest absolute Gasteiger partial charge is 0.0979 e. The van der Waals surface area contributed by atoms with E-state index in [4.69, 9.17) is 24.4 Å². The van der Waals surface area contributed by atoms with Gasteiger partial charge in [-0.2, -0.15) is 0 Å². The van der Waals surface area contributed by atoms with Crippen molar-refractivity contribution in [1.29, 1.82) is 0 Å². The van der Waals surface area contributed by atoms with Crippen LogP contribution in [0.1, 0.15) is 20.8 Å². The summed E-state index contributed by atoms with van der Waals surface area (Å²) in [5.74, 6) is 0.447. The first-order valence-corrected chi connectivity index (χ1v) is 4.79. The van der Waals surface area contributed by atoms with Crippen molar-refractivity contribution >= 4 is 34.4 Å². The van der Waals surface area contributed by atoms with E-state index in [1.165, 1.54) is 0 Å². The Kier molecular flexibility index (Phi) is 5.33. The molecule has 0 aliphatic rings. The van der Waals surface area contributed by atoms with E-state index in [1.807, 2.05) is 14.0 Å². The van der Waals surface area contributed by atoms with Gasteiger partial charge in [0.05, 0.1) is 16.0 Å². The standard InChI is InChI=1S/C8H16N2S2/c1-5(2)7(8(12)9-4)10-6(3)11/h5,7H,1-4H3,(H,9,12)(H,10,11)/t7-/m0/s1. The van der Waals surface area contributed by atoms with Gasteiger partial charge in [0.25, 0.3) is 0 Å². The molecule has 0 heterocycles. The number of likely N-dealkylation sites (N-methyl/N-ethyl adjacent to an activating group) is 1. The molecule has 0 aromatic heterocycles. The SMILES string of the molecule is CNC(=S)[C@@H](NC(C)=S)C(C)C. The third kappa shape index (κ3) is 3.97. The maximum atomic E-state index is 5.14. The fourth-order valence-corrected chi connectivity index (χ4v) is 1.37. The molecule has 0 aliphatic carbocycles. The molecule has 70 valence electrons. The van der Waals surface area contributed by atoms with E-state index < -0.39 is 0 Å². The molecule has 0 fully saturated rings. The fraction of sp³-hybridized carbons (Fsp3) is 0.750. The van der Waals surface area contributed by atoms with Crippen LogP contribution in [-0.2, 0) is 0 Å². The predicted molar refractivity (Wildman–Crippen MR) is 61.7 cm³/mol. The molecule has 0 aromatic rings. The first-order valence-electron chi connectivity index (χ1n) is 3.97. The molecule has 12 heavy (non-hydrogen) atoms. The number of hydrogen-bond acceptors (Lipinski definition) is 2. The molecule has 0 spiro atoms. The van der Waals surface area contributed by atoms with Crippen molar-refractivity contribution in [3.63, 3.8) is 0 Å². The monoisotopic (exact) mass is 204 g/mol. The highest BCUT2D eigenvalue weighted by molar-refractivity contribution is 7.80. The summed E-state index contributed by atoms with van der Waals surface area (Å²) >= 11 is 10.1. The van der Waals surface area contributed by atoms with Crippen molar-refractivity contribution in [2.45, 2.75) is 26.8 Å². The molecule has 0 aliphatic heterocycles. The molecule has 0 bridgehead atoms. The minimum atomic E-state index is 0.155. The second-order valence-corrected chi connectivity index (χ2v) is 4.09. The van der Waals surface area contributed by atoms with Crippen LogP contribution in [0.15, 0.2) is 0 Å². The Hall–Kier alpha value is -0.220. The van der Waals surface area contributed by atoms with E-state index in [1.54, 1.807) is 0 Å². The zero-order valence-electron chi connectivity index (χ0n) is 7.97. The minimum Gasteiger partial charge on any atom is -0.381 e. The summed E-state index contributed by atoms with van der Waals surface area (Å²) in [5.41, 5.74) is 0. The Balaban J connectivity index is 4.23. The second-order valence-electron chi connectivity index (χ2n) is 3.04. The topological polar surface area (TPSA) is 24.1 Å². The predicted octanol–water partition coefficient (Wildman–Crippen LogP) is 1.49. The molecule has 0 unspecified atom stereocenters. The summed E-state index contributed by atoms with van der Waals surface area (Å²) in [7, 11) is 1.83. The van der Waals surface area contributed by atoms with Crippen LogP contribution in [0.25, 0.3) is 0 Å². The van der Waals surface area contributed by atoms with Crippen LogP contribution in [0.2, 0.25) is 0 Å². The molecule has 0 saturated carbocycles. The minimum absolute atomic E-state index is 0.155. The van der Waals surface area contributed by atoms with Gasteiger partial charge in [0.2, 0.25) is 0 Å². The summed E-state index contributed by atoms with van der Waals surface area (Å²) in [6, 6.07) is 0.155. The van der Waals surface area contributed by atoms with Crippen LogP contribution in [0, 0.1) is 5.92 Å². The van der Waals surface area contributed by atoms with Crippen molar-refractivity contribution in [1.82, 2.24) is 10.6 Å². The van der Waals surface area contributed by atoms with Gasteiger partial charge in [-0.05, 0) is 12.8 Å². The molecule has 0 aromatic carbocycles. The van der Waals surface area contributed by atoms with Crippen molar-refractivity contribution in [3.05, 3.63) is 0 Å². The molecule has 0 rings (SSSR count). The van der Waals surface area contributed by atoms with E-state index in [2.05, 4.69) is 24.5 Å². The van der Waals surface area contributed by atoms with Crippen LogP contribution >= 0.6 is 24.4 Å². The normalized spacial score (nSPS) is 12.4. The number of thiocarbonyl (C=S) groups is 2. The van der Waals surface area contributed by atoms with Gasteiger partial charge in [-0.1, -0.05) is 38.3 Å². The average molecular weight is 204 g/mol. The first kappa shape index (κ1) is 11.8. The maximum Gasteiger partial charge on any atom is 0.0979 e. The van der Waals surface area contributed by atoms with Crippen molar-refractivity contribution in [2.24, 2.45) is 5.92 Å². The van der Waals surface area contributed by atoms with Gasteiger partial charge in [-0.3, -0.25) is 0 Å². The lowest BCUT2D eigenvalue weighted by atomic mass is 10.0. The van der Waals surface area contributed by atoms with E-state index in [0.717, 1.165) is 9.98 Å². The van der Waals surface area contributed by atoms with Crippen molar-refractivity contribution in [3.8, 4) is 0 Å². The van der Waals surface area contributed by atoms with Gasteiger partial charge in [0, 0.05) is 7.05 Å². The van der Waals surface area contributed by atoms with E-state index in [9.17, 15) is 0 Å². The van der Waals surface area contributed by atoms with Gasteiger partial charge in [-0.15, -0.1) is 0 Å². The molecule has 4 heteroatoms. The summed E-state index contributed by atoms with van der Waals surface area (Å²) in [6.07, 6.45) is 0. The lowest BCUT2D eigenvalue weighted by Gasteiger charge is -2.23. The highest BCUT2D eigenvalue weighted by Crippen LogP contribution is 2.02. The molecule has 2 N–H and O–H groups in total. The van der Waals surface area contributed by atoms with Crippen LogP contribution in [0.4, 0.5) is 0 Å². The third-order valence-electron chi connectivity index (χ3n) is 1.55. The molecule has 0 radical (unpaired) electrons. The molecule has 1 atom stereocenters. The van der Waals surface area contributed by atoms with Crippen molar-refractivity contribution in [2.75, 3.05) is 7.05 Å². The van der Waals surface area contributed by atoms with E-state index in [-0.39, 0.29) is 6.04 Å². The quantitative estimate of drug-likeness (QED) is 0.680. The highest BCUT2D eigenvalue weighted by Gasteiger charge is 2.16. The van der Waals surface area contributed by atoms with Crippen LogP contribution in [0.3, 0.4) is 0 Å². The Morgan fingerprint density at radius 1 is 1.25 bits per heavy atom. The summed E-state index contributed by atoms with van der Waals surface area (Å²) in [4.78, 5) is 1.60. The fourth-order valence-electron chi connectivity index (χ4n) is 0.909. The Morgan fingerprint density at radius 3 is 2.00 bits per heavy atom. The third-order valence-corrected chi connectivity index (χ3v) is 2.13. The molecule has 2 nitrogen and oxygen atoms in total. The van der Waals surface area contributed by atoms with Crippen LogP contribution in [-0.4, -0.2) is 23.1 Å². The highest BCUT2D eigenvalue weighted by atomic mass is 32.1. The van der Waals surface area contributed by atoms with Crippen molar-refractivity contribution < 1.29 is 0 Å². The Morgan fingerprint density at radius 2 is 1.75 bits per heavy atom. The van der Waals surface area contributed by atoms with Gasteiger partial charge in [-0.25, -0.2) is 0 Å². The zero-order valence-corrected chi connectivity index (χ0v) is 9.60. The number of rotatable bonds is 3. The summed E-state index contributed by atoms with van der Waals surface area (Å²) in [5, 5.41) is 6.12. The van der Waals surface area contributed by atoms with Gasteiger partial charge >= 0.3 is 0 Å². The largest absolute Gasteiger partial charge is 0.381 e. The lowest BCUT2D eigenvalue weighted by molar-refractivity contribution is 0.551. The average Bonchev–Trinajstić information content (AvgIpc) is 1.98. The van der Waals surface area contributed by atoms with Gasteiger partial charge < -0.3 is 10.6 Å². The maximum absolute atomic E-state index is 5.14. The Labute approximate surface area is 85.1 Å². The summed E-state index contributed by atoms with van der Waals surface area (Å²) in [6.45, 7) is 6.09. The second kappa shape index (κ2) is 5.43. The van der Waals surface area contributed by atoms with E-state index >= 15 is 0 Å². The van der Waals surface area contributed by atoms with Crippen LogP contribution < -0.4 is 10.6 Å². The van der Waals surface area contributed by atoms with Crippen LogP contribution in [0.5, 0.6) is 0 Å². The molecular formula is C8H16N2S2. The first-order chi connectivity index (χ1) is 5.49. The summed E-state index contributed by atoms with van der Waals surface area (Å²) < 4.78 is 0. The molecule has 0 amide bonds. The zero-order chi connectivity index (χ0) is 9.72.